The molecule has 0 amide bonds. The van der Waals surface area contributed by atoms with Gasteiger partial charge in [-0.1, -0.05) is 31.4 Å². The minimum Gasteiger partial charge on any atom is -0.491 e. The Balaban J connectivity index is 0.00000261. The van der Waals surface area contributed by atoms with E-state index in [0.29, 0.717) is 18.6 Å². The number of benzene rings is 1. The molecule has 1 aromatic carbocycles. The van der Waals surface area contributed by atoms with Gasteiger partial charge in [-0.2, -0.15) is 0 Å². The number of nitrogens with one attached hydrogen (secondary N) is 1. The summed E-state index contributed by atoms with van der Waals surface area (Å²) < 4.78 is 10.6. The Kier molecular flexibility index (Phi) is 9.15. The maximum atomic E-state index is 5.62. The van der Waals surface area contributed by atoms with E-state index in [2.05, 4.69) is 27.3 Å². The van der Waals surface area contributed by atoms with Gasteiger partial charge in [-0.05, 0) is 42.4 Å². The van der Waals surface area contributed by atoms with Crippen molar-refractivity contribution in [1.29, 1.82) is 0 Å². The normalized spacial score (nSPS) is 19.0. The van der Waals surface area contributed by atoms with E-state index in [1.165, 1.54) is 50.6 Å². The summed E-state index contributed by atoms with van der Waals surface area (Å²) in [6, 6.07) is 8.24. The third kappa shape index (κ3) is 6.24. The van der Waals surface area contributed by atoms with Gasteiger partial charge in [0.1, 0.15) is 12.4 Å². The lowest BCUT2D eigenvalue weighted by atomic mass is 9.73. The van der Waals surface area contributed by atoms with Crippen molar-refractivity contribution in [2.75, 3.05) is 40.5 Å². The SMILES string of the molecule is CN=C(NCc1ccc(OCCOC)cc1)N1CCC2(CCCCC2)C1.I. The largest absolute Gasteiger partial charge is 0.491 e. The molecule has 1 N–H and O–H groups in total. The van der Waals surface area contributed by atoms with Crippen molar-refractivity contribution in [1.82, 2.24) is 10.2 Å². The summed E-state index contributed by atoms with van der Waals surface area (Å²) >= 11 is 0. The van der Waals surface area contributed by atoms with E-state index in [0.717, 1.165) is 24.8 Å². The Morgan fingerprint density at radius 2 is 1.85 bits per heavy atom. The highest BCUT2D eigenvalue weighted by molar-refractivity contribution is 14.0. The number of aliphatic imine (C=N–C) groups is 1. The van der Waals surface area contributed by atoms with E-state index in [1.54, 1.807) is 7.11 Å². The van der Waals surface area contributed by atoms with Crippen LogP contribution in [0, 0.1) is 5.41 Å². The van der Waals surface area contributed by atoms with Crippen LogP contribution in [-0.4, -0.2) is 51.3 Å². The van der Waals surface area contributed by atoms with Crippen LogP contribution in [0.2, 0.25) is 0 Å². The van der Waals surface area contributed by atoms with Gasteiger partial charge >= 0.3 is 0 Å². The summed E-state index contributed by atoms with van der Waals surface area (Å²) in [5.41, 5.74) is 1.79. The summed E-state index contributed by atoms with van der Waals surface area (Å²) in [4.78, 5) is 6.98. The molecule has 1 heterocycles. The van der Waals surface area contributed by atoms with Crippen molar-refractivity contribution in [3.05, 3.63) is 29.8 Å². The molecule has 1 aromatic rings. The van der Waals surface area contributed by atoms with E-state index in [1.807, 2.05) is 19.2 Å². The average molecular weight is 487 g/mol. The molecule has 3 rings (SSSR count). The Bertz CT molecular complexity index is 586. The van der Waals surface area contributed by atoms with Crippen molar-refractivity contribution in [2.45, 2.75) is 45.1 Å². The molecule has 2 aliphatic rings. The number of likely N-dealkylation sites (tertiary alicyclic amines) is 1. The third-order valence-electron chi connectivity index (χ3n) is 5.79. The lowest BCUT2D eigenvalue weighted by Crippen LogP contribution is -2.41. The first kappa shape index (κ1) is 22.3. The van der Waals surface area contributed by atoms with Crippen LogP contribution < -0.4 is 10.1 Å². The van der Waals surface area contributed by atoms with E-state index in [4.69, 9.17) is 9.47 Å². The van der Waals surface area contributed by atoms with E-state index < -0.39 is 0 Å². The number of hydrogen-bond donors (Lipinski definition) is 1. The maximum absolute atomic E-state index is 5.62. The van der Waals surface area contributed by atoms with E-state index in [-0.39, 0.29) is 24.0 Å². The smallest absolute Gasteiger partial charge is 0.193 e. The van der Waals surface area contributed by atoms with Gasteiger partial charge in [-0.15, -0.1) is 24.0 Å². The van der Waals surface area contributed by atoms with Crippen LogP contribution in [0.1, 0.15) is 44.1 Å². The van der Waals surface area contributed by atoms with Crippen LogP contribution in [0.4, 0.5) is 0 Å². The zero-order valence-corrected chi connectivity index (χ0v) is 19.0. The van der Waals surface area contributed by atoms with Crippen molar-refractivity contribution in [3.8, 4) is 5.75 Å². The number of methoxy groups -OCH3 is 1. The van der Waals surface area contributed by atoms with Crippen LogP contribution in [0.25, 0.3) is 0 Å². The summed E-state index contributed by atoms with van der Waals surface area (Å²) in [6.07, 6.45) is 8.33. The second kappa shape index (κ2) is 11.1. The second-order valence-electron chi connectivity index (χ2n) is 7.62. The summed E-state index contributed by atoms with van der Waals surface area (Å²) in [7, 11) is 3.57. The van der Waals surface area contributed by atoms with Gasteiger partial charge in [-0.3, -0.25) is 4.99 Å². The quantitative estimate of drug-likeness (QED) is 0.285. The van der Waals surface area contributed by atoms with E-state index >= 15 is 0 Å². The molecular weight excluding hydrogens is 453 g/mol. The topological polar surface area (TPSA) is 46.1 Å². The van der Waals surface area contributed by atoms with Gasteiger partial charge in [0.15, 0.2) is 5.96 Å². The fraction of sp³-hybridized carbons (Fsp3) is 0.667. The highest BCUT2D eigenvalue weighted by atomic mass is 127. The van der Waals surface area contributed by atoms with Gasteiger partial charge in [0, 0.05) is 33.8 Å². The first-order valence-electron chi connectivity index (χ1n) is 9.91. The summed E-state index contributed by atoms with van der Waals surface area (Å²) in [5.74, 6) is 1.92. The molecule has 27 heavy (non-hydrogen) atoms. The van der Waals surface area contributed by atoms with Crippen LogP contribution in [0.3, 0.4) is 0 Å². The lowest BCUT2D eigenvalue weighted by Gasteiger charge is -2.33. The fourth-order valence-corrected chi connectivity index (χ4v) is 4.29. The zero-order valence-electron chi connectivity index (χ0n) is 16.7. The molecule has 0 atom stereocenters. The molecule has 1 saturated heterocycles. The zero-order chi connectivity index (χ0) is 18.2. The van der Waals surface area contributed by atoms with Crippen LogP contribution in [0.15, 0.2) is 29.3 Å². The molecule has 152 valence electrons. The second-order valence-corrected chi connectivity index (χ2v) is 7.62. The number of halogens is 1. The Labute approximate surface area is 180 Å². The van der Waals surface area contributed by atoms with Gasteiger partial charge in [0.25, 0.3) is 0 Å². The minimum absolute atomic E-state index is 0. The highest BCUT2D eigenvalue weighted by Crippen LogP contribution is 2.43. The molecule has 1 aliphatic heterocycles. The first-order chi connectivity index (χ1) is 12.7. The summed E-state index contributed by atoms with van der Waals surface area (Å²) in [5, 5.41) is 3.54. The molecule has 5 nitrogen and oxygen atoms in total. The van der Waals surface area contributed by atoms with E-state index in [9.17, 15) is 0 Å². The van der Waals surface area contributed by atoms with Gasteiger partial charge in [0.2, 0.25) is 0 Å². The van der Waals surface area contributed by atoms with Crippen molar-refractivity contribution < 1.29 is 9.47 Å². The molecule has 0 unspecified atom stereocenters. The van der Waals surface area contributed by atoms with Crippen LogP contribution in [0.5, 0.6) is 5.75 Å². The minimum atomic E-state index is 0. The first-order valence-corrected chi connectivity index (χ1v) is 9.91. The molecule has 0 bridgehead atoms. The third-order valence-corrected chi connectivity index (χ3v) is 5.79. The monoisotopic (exact) mass is 487 g/mol. The molecule has 1 saturated carbocycles. The number of nitrogens with zero attached hydrogens (tertiary/aromatic N) is 2. The van der Waals surface area contributed by atoms with Crippen molar-refractivity contribution in [3.63, 3.8) is 0 Å². The van der Waals surface area contributed by atoms with Crippen LogP contribution in [-0.2, 0) is 11.3 Å². The highest BCUT2D eigenvalue weighted by Gasteiger charge is 2.39. The number of rotatable bonds is 6. The van der Waals surface area contributed by atoms with Gasteiger partial charge < -0.3 is 19.7 Å². The fourth-order valence-electron chi connectivity index (χ4n) is 4.29. The lowest BCUT2D eigenvalue weighted by molar-refractivity contribution is 0.146. The molecule has 6 heteroatoms. The van der Waals surface area contributed by atoms with Crippen LogP contribution >= 0.6 is 24.0 Å². The van der Waals surface area contributed by atoms with Crippen molar-refractivity contribution in [2.24, 2.45) is 10.4 Å². The maximum Gasteiger partial charge on any atom is 0.193 e. The van der Waals surface area contributed by atoms with Gasteiger partial charge in [-0.25, -0.2) is 0 Å². The van der Waals surface area contributed by atoms with Gasteiger partial charge in [0.05, 0.1) is 6.61 Å². The number of hydrogen-bond acceptors (Lipinski definition) is 3. The molecule has 0 aromatic heterocycles. The molecular formula is C21H34IN3O2. The Hall–Kier alpha value is -1.02. The molecule has 1 spiro atoms. The average Bonchev–Trinajstić information content (AvgIpc) is 3.07. The predicted octanol–water partition coefficient (Wildman–Crippen LogP) is 4.06. The number of guanidine groups is 1. The molecule has 2 fully saturated rings. The number of ether oxygens (including phenoxy) is 2. The molecule has 0 radical (unpaired) electrons. The summed E-state index contributed by atoms with van der Waals surface area (Å²) in [6.45, 7) is 4.27. The Morgan fingerprint density at radius 3 is 2.52 bits per heavy atom. The molecule has 1 aliphatic carbocycles. The predicted molar refractivity (Wildman–Crippen MR) is 121 cm³/mol. The Morgan fingerprint density at radius 1 is 1.11 bits per heavy atom. The van der Waals surface area contributed by atoms with Crippen molar-refractivity contribution >= 4 is 29.9 Å². The standard InChI is InChI=1S/C21H33N3O2.HI/c1-22-20(24-13-12-21(17-24)10-4-3-5-11-21)23-16-18-6-8-19(9-7-18)26-15-14-25-2;/h6-9H,3-5,10-17H2,1-2H3,(H,22,23);1H.